The number of ketones is 2. The predicted molar refractivity (Wildman–Crippen MR) is 170 cm³/mol. The van der Waals surface area contributed by atoms with E-state index in [1.165, 1.54) is 37.2 Å². The Balaban J connectivity index is 1.50. The van der Waals surface area contributed by atoms with Crippen LogP contribution in [0.3, 0.4) is 0 Å². The maximum atomic E-state index is 14.2. The van der Waals surface area contributed by atoms with E-state index >= 15 is 0 Å². The van der Waals surface area contributed by atoms with Gasteiger partial charge in [0, 0.05) is 24.3 Å². The summed E-state index contributed by atoms with van der Waals surface area (Å²) in [6, 6.07) is 5.86. The van der Waals surface area contributed by atoms with E-state index in [1.807, 2.05) is 0 Å². The van der Waals surface area contributed by atoms with Crippen LogP contribution in [0.4, 0.5) is 0 Å². The zero-order valence-electron chi connectivity index (χ0n) is 27.0. The largest absolute Gasteiger partial charge is 0.507 e. The van der Waals surface area contributed by atoms with Gasteiger partial charge in [0.2, 0.25) is 11.7 Å². The third kappa shape index (κ3) is 6.07. The van der Waals surface area contributed by atoms with Crippen LogP contribution < -0.4 is 15.2 Å². The number of hydrogen-bond donors (Lipinski definition) is 6. The summed E-state index contributed by atoms with van der Waals surface area (Å²) in [4.78, 5) is 81.3. The van der Waals surface area contributed by atoms with Gasteiger partial charge in [-0.25, -0.2) is 4.79 Å². The number of carbonyl (C=O) groups excluding carboxylic acids is 5. The Bertz CT molecular complexity index is 1900. The number of Topliss-reactive ketones (excluding diaryl/α,β-unsaturated/α-hetero) is 2. The van der Waals surface area contributed by atoms with Crippen LogP contribution in [0.2, 0.25) is 0 Å². The molecule has 51 heavy (non-hydrogen) atoms. The number of aromatic hydroxyl groups is 1. The molecule has 2 fully saturated rings. The number of ether oxygens (including phenoxy) is 2. The minimum atomic E-state index is -3.14. The lowest BCUT2D eigenvalue weighted by Gasteiger charge is -2.55. The lowest BCUT2D eigenvalue weighted by Crippen LogP contribution is -2.76. The average molecular weight is 712 g/mol. The number of amides is 1. The van der Waals surface area contributed by atoms with E-state index in [2.05, 4.69) is 11.4 Å². The Hall–Kier alpha value is -5.69. The van der Waals surface area contributed by atoms with Crippen molar-refractivity contribution in [1.82, 2.24) is 4.90 Å². The summed E-state index contributed by atoms with van der Waals surface area (Å²) in [7, 11) is 2.87. The summed E-state index contributed by atoms with van der Waals surface area (Å²) < 4.78 is 10.6. The number of fused-ring (bicyclic) bond motifs is 3. The normalized spacial score (nSPS) is 26.9. The Labute approximate surface area is 288 Å². The highest BCUT2D eigenvalue weighted by molar-refractivity contribution is 6.26. The van der Waals surface area contributed by atoms with E-state index in [1.54, 1.807) is 0 Å². The highest BCUT2D eigenvalue weighted by Gasteiger charge is 2.70. The number of carbonyl (C=O) groups is 5. The molecule has 2 saturated carbocycles. The van der Waals surface area contributed by atoms with E-state index in [-0.39, 0.29) is 41.9 Å². The fraction of sp³-hybridized carbons (Fsp3) is 0.364. The zero-order valence-corrected chi connectivity index (χ0v) is 27.0. The third-order valence-electron chi connectivity index (χ3n) is 9.30. The second-order valence-electron chi connectivity index (χ2n) is 12.4. The van der Waals surface area contributed by atoms with Crippen molar-refractivity contribution in [1.29, 1.82) is 0 Å². The molecule has 0 saturated heterocycles. The monoisotopic (exact) mass is 711 g/mol. The summed E-state index contributed by atoms with van der Waals surface area (Å²) in [6.07, 6.45) is -3.98. The number of benzene rings is 2. The number of esters is 2. The maximum Gasteiger partial charge on any atom is 0.347 e. The number of phenolic OH excluding ortho intramolecular Hbond substituents is 1. The van der Waals surface area contributed by atoms with Gasteiger partial charge in [0.25, 0.3) is 5.09 Å². The molecule has 0 radical (unpaired) electrons. The number of rotatable bonds is 10. The second-order valence-corrected chi connectivity index (χ2v) is 12.4. The molecule has 4 unspecified atom stereocenters. The Kier molecular flexibility index (Phi) is 9.72. The van der Waals surface area contributed by atoms with Crippen LogP contribution in [-0.2, 0) is 24.0 Å². The van der Waals surface area contributed by atoms with Crippen LogP contribution >= 0.6 is 0 Å². The van der Waals surface area contributed by atoms with Crippen LogP contribution in [0.1, 0.15) is 34.3 Å². The van der Waals surface area contributed by atoms with Gasteiger partial charge in [-0.2, -0.15) is 0 Å². The maximum absolute atomic E-state index is 14.2. The third-order valence-corrected chi connectivity index (χ3v) is 9.30. The fourth-order valence-corrected chi connectivity index (χ4v) is 7.07. The molecule has 0 aromatic heterocycles. The number of phenols is 1. The summed E-state index contributed by atoms with van der Waals surface area (Å²) in [5.74, 6) is -13.5. The van der Waals surface area contributed by atoms with Crippen molar-refractivity contribution in [2.75, 3.05) is 20.7 Å². The lowest BCUT2D eigenvalue weighted by molar-refractivity contribution is -0.757. The van der Waals surface area contributed by atoms with Gasteiger partial charge in [0.1, 0.15) is 34.5 Å². The topological polar surface area (TPSA) is 287 Å². The molecule has 18 heteroatoms. The molecule has 0 spiro atoms. The van der Waals surface area contributed by atoms with Crippen LogP contribution in [0, 0.1) is 27.9 Å². The van der Waals surface area contributed by atoms with Crippen LogP contribution in [-0.4, -0.2) is 109 Å². The lowest BCUT2D eigenvalue weighted by atomic mass is 9.52. The summed E-state index contributed by atoms with van der Waals surface area (Å²) in [5.41, 5.74) is 0.875. The quantitative estimate of drug-likeness (QED) is 0.0460. The van der Waals surface area contributed by atoms with Gasteiger partial charge >= 0.3 is 11.9 Å². The van der Waals surface area contributed by atoms with Gasteiger partial charge < -0.3 is 50.5 Å². The van der Waals surface area contributed by atoms with E-state index in [0.717, 1.165) is 18.2 Å². The standard InChI is InChI=1S/C33H33N3O15/c1-13-15-6-4-7-18(51-32(45)16-12-14(9-10-17(16)37)50-19(38)8-5-11-49-36(47)48)21(15)26(39)22-20(13)27(40)24-25(35(2)3)28(41)23(31(34)44)30(43)33(24,46)29(22)42/h4,6-7,9-10,12,20,23-25,27-28,37,39-41,46H,1,5,8,11H2,2-3H3,(H2,34,44)/t20?,23?,24?,25-,27-,28?,33-/m0/s1. The van der Waals surface area contributed by atoms with Gasteiger partial charge in [-0.1, -0.05) is 18.7 Å². The first kappa shape index (κ1) is 36.6. The molecule has 5 rings (SSSR count). The predicted octanol–water partition coefficient (Wildman–Crippen LogP) is -0.316. The molecule has 2 aromatic rings. The highest BCUT2D eigenvalue weighted by atomic mass is 16.9. The zero-order chi connectivity index (χ0) is 37.7. The van der Waals surface area contributed by atoms with Gasteiger partial charge in [0.15, 0.2) is 11.4 Å². The second kappa shape index (κ2) is 13.6. The first-order valence-corrected chi connectivity index (χ1v) is 15.4. The molecular formula is C33H33N3O15. The first-order chi connectivity index (χ1) is 23.9. The molecule has 0 aliphatic heterocycles. The smallest absolute Gasteiger partial charge is 0.347 e. The Morgan fingerprint density at radius 1 is 1.08 bits per heavy atom. The highest BCUT2D eigenvalue weighted by Crippen LogP contribution is 2.55. The van der Waals surface area contributed by atoms with Gasteiger partial charge in [-0.05, 0) is 55.9 Å². The summed E-state index contributed by atoms with van der Waals surface area (Å²) in [5, 5.41) is 65.9. The van der Waals surface area contributed by atoms with Crippen molar-refractivity contribution in [2.24, 2.45) is 23.5 Å². The Morgan fingerprint density at radius 2 is 1.76 bits per heavy atom. The number of nitrogens with two attached hydrogens (primary N) is 1. The fourth-order valence-electron chi connectivity index (χ4n) is 7.07. The van der Waals surface area contributed by atoms with Crippen molar-refractivity contribution in [3.05, 3.63) is 75.4 Å². The van der Waals surface area contributed by atoms with Crippen molar-refractivity contribution < 1.29 is 68.9 Å². The van der Waals surface area contributed by atoms with E-state index in [4.69, 9.17) is 15.2 Å². The number of aliphatic hydroxyl groups is 4. The molecule has 7 atom stereocenters. The van der Waals surface area contributed by atoms with Gasteiger partial charge in [-0.3, -0.25) is 19.2 Å². The number of aliphatic hydroxyl groups excluding tert-OH is 3. The minimum absolute atomic E-state index is 0.00966. The van der Waals surface area contributed by atoms with Crippen LogP contribution in [0.5, 0.6) is 17.2 Å². The molecule has 18 nitrogen and oxygen atoms in total. The van der Waals surface area contributed by atoms with Crippen molar-refractivity contribution >= 4 is 40.7 Å². The van der Waals surface area contributed by atoms with Crippen LogP contribution in [0.15, 0.2) is 48.6 Å². The molecule has 0 bridgehead atoms. The summed E-state index contributed by atoms with van der Waals surface area (Å²) in [6.45, 7) is 3.63. The molecular weight excluding hydrogens is 678 g/mol. The molecule has 270 valence electrons. The van der Waals surface area contributed by atoms with Crippen molar-refractivity contribution in [3.63, 3.8) is 0 Å². The molecule has 1 amide bonds. The molecule has 0 heterocycles. The minimum Gasteiger partial charge on any atom is -0.507 e. The number of nitrogens with zero attached hydrogens (tertiary/aromatic N) is 2. The van der Waals surface area contributed by atoms with Crippen LogP contribution in [0.25, 0.3) is 11.3 Å². The first-order valence-electron chi connectivity index (χ1n) is 15.4. The molecule has 2 aromatic carbocycles. The average Bonchev–Trinajstić information content (AvgIpc) is 3.05. The van der Waals surface area contributed by atoms with E-state index in [0.29, 0.717) is 0 Å². The Morgan fingerprint density at radius 3 is 2.39 bits per heavy atom. The van der Waals surface area contributed by atoms with E-state index < -0.39 is 104 Å². The summed E-state index contributed by atoms with van der Waals surface area (Å²) >= 11 is 0. The molecule has 7 N–H and O–H groups in total. The SMILES string of the molecule is C=C1c2cccc(OC(=O)c3cc(OC(=O)CCCO[N+](=O)[O-])ccc3O)c2C(O)=C2C(=O)[C@]3(O)C(=O)C(C(N)=O)C(O)[C@@H](N(C)C)C3[C@@H](O)C12. The van der Waals surface area contributed by atoms with Crippen molar-refractivity contribution in [2.45, 2.75) is 36.7 Å². The molecule has 3 aliphatic rings. The number of hydrogen-bond acceptors (Lipinski definition) is 16. The number of likely N-dealkylation sites (N-methyl/N-ethyl adjacent to an activating group) is 1. The number of primary amides is 1. The molecule has 3 aliphatic carbocycles. The van der Waals surface area contributed by atoms with E-state index in [9.17, 15) is 59.6 Å². The van der Waals surface area contributed by atoms with Gasteiger partial charge in [0.05, 0.1) is 30.0 Å². The van der Waals surface area contributed by atoms with Gasteiger partial charge in [-0.15, -0.1) is 10.1 Å². The van der Waals surface area contributed by atoms with Crippen molar-refractivity contribution in [3.8, 4) is 17.2 Å².